The van der Waals surface area contributed by atoms with Crippen molar-refractivity contribution in [3.8, 4) is 17.6 Å². The van der Waals surface area contributed by atoms with Gasteiger partial charge in [0.2, 0.25) is 0 Å². The van der Waals surface area contributed by atoms with E-state index in [1.807, 2.05) is 19.1 Å². The highest BCUT2D eigenvalue weighted by Gasteiger charge is 2.12. The van der Waals surface area contributed by atoms with Crippen molar-refractivity contribution >= 4 is 29.3 Å². The topological polar surface area (TPSA) is 93.4 Å². The van der Waals surface area contributed by atoms with Crippen LogP contribution in [0.15, 0.2) is 42.0 Å². The number of halogens is 1. The normalized spacial score (nSPS) is 10.9. The van der Waals surface area contributed by atoms with Crippen molar-refractivity contribution in [2.75, 3.05) is 5.32 Å². The molecule has 0 heterocycles. The van der Waals surface area contributed by atoms with Crippen LogP contribution in [0.2, 0.25) is 5.02 Å². The van der Waals surface area contributed by atoms with Crippen molar-refractivity contribution in [3.05, 3.63) is 58.1 Å². The van der Waals surface area contributed by atoms with Gasteiger partial charge in [-0.15, -0.1) is 0 Å². The first-order valence-corrected chi connectivity index (χ1v) is 7.00. The lowest BCUT2D eigenvalue weighted by Gasteiger charge is -2.06. The number of aryl methyl sites for hydroxylation is 1. The summed E-state index contributed by atoms with van der Waals surface area (Å²) in [4.78, 5) is 12.1. The van der Waals surface area contributed by atoms with Gasteiger partial charge >= 0.3 is 0 Å². The summed E-state index contributed by atoms with van der Waals surface area (Å²) < 4.78 is 0. The minimum atomic E-state index is -0.583. The van der Waals surface area contributed by atoms with Gasteiger partial charge in [0.25, 0.3) is 5.91 Å². The van der Waals surface area contributed by atoms with Gasteiger partial charge < -0.3 is 15.5 Å². The molecule has 6 heteroatoms. The van der Waals surface area contributed by atoms with E-state index in [9.17, 15) is 15.0 Å². The molecule has 2 aromatic carbocycles. The number of nitrogens with zero attached hydrogens (tertiary/aromatic N) is 1. The minimum Gasteiger partial charge on any atom is -0.504 e. The molecule has 5 nitrogen and oxygen atoms in total. The van der Waals surface area contributed by atoms with Crippen molar-refractivity contribution in [1.29, 1.82) is 5.26 Å². The third-order valence-electron chi connectivity index (χ3n) is 3.05. The molecule has 0 unspecified atom stereocenters. The molecule has 0 atom stereocenters. The summed E-state index contributed by atoms with van der Waals surface area (Å²) in [5.74, 6) is -1.47. The zero-order chi connectivity index (χ0) is 17.0. The molecule has 0 aliphatic rings. The first kappa shape index (κ1) is 16.4. The van der Waals surface area contributed by atoms with Gasteiger partial charge in [0.1, 0.15) is 11.6 Å². The summed E-state index contributed by atoms with van der Waals surface area (Å²) in [5, 5.41) is 30.6. The Morgan fingerprint density at radius 1 is 1.26 bits per heavy atom. The molecule has 0 aliphatic heterocycles. The Kier molecular flexibility index (Phi) is 4.89. The van der Waals surface area contributed by atoms with Gasteiger partial charge in [-0.2, -0.15) is 5.26 Å². The van der Waals surface area contributed by atoms with E-state index in [0.29, 0.717) is 11.3 Å². The number of hydrogen-bond acceptors (Lipinski definition) is 4. The van der Waals surface area contributed by atoms with Crippen LogP contribution < -0.4 is 5.32 Å². The van der Waals surface area contributed by atoms with Gasteiger partial charge in [0, 0.05) is 5.69 Å². The average Bonchev–Trinajstić information content (AvgIpc) is 2.52. The van der Waals surface area contributed by atoms with Crippen molar-refractivity contribution in [2.24, 2.45) is 0 Å². The maximum absolute atomic E-state index is 12.1. The second-order valence-electron chi connectivity index (χ2n) is 4.86. The lowest BCUT2D eigenvalue weighted by atomic mass is 10.1. The molecule has 0 saturated heterocycles. The number of carbonyl (C=O) groups excluding carboxylic acids is 1. The lowest BCUT2D eigenvalue weighted by Crippen LogP contribution is -2.13. The monoisotopic (exact) mass is 328 g/mol. The average molecular weight is 329 g/mol. The third-order valence-corrected chi connectivity index (χ3v) is 3.34. The Morgan fingerprint density at radius 2 is 1.91 bits per heavy atom. The van der Waals surface area contributed by atoms with Gasteiger partial charge in [0.15, 0.2) is 11.5 Å². The van der Waals surface area contributed by atoms with Gasteiger partial charge in [-0.25, -0.2) is 0 Å². The van der Waals surface area contributed by atoms with Crippen molar-refractivity contribution in [3.63, 3.8) is 0 Å². The molecule has 116 valence electrons. The molecule has 1 amide bonds. The number of carbonyl (C=O) groups is 1. The standard InChI is InChI=1S/C17H13ClN2O3/c1-10-2-4-13(5-3-10)20-17(23)12(9-19)6-11-7-14(18)16(22)15(21)8-11/h2-8,21-22H,1H3,(H,20,23)/b12-6+. The molecule has 3 N–H and O–H groups in total. The summed E-state index contributed by atoms with van der Waals surface area (Å²) in [5.41, 5.74) is 1.77. The van der Waals surface area contributed by atoms with Crippen LogP contribution in [-0.2, 0) is 4.79 Å². The van der Waals surface area contributed by atoms with E-state index >= 15 is 0 Å². The van der Waals surface area contributed by atoms with Gasteiger partial charge in [-0.3, -0.25) is 4.79 Å². The largest absolute Gasteiger partial charge is 0.504 e. The van der Waals surface area contributed by atoms with Gasteiger partial charge in [0.05, 0.1) is 5.02 Å². The number of benzene rings is 2. The number of phenols is 2. The van der Waals surface area contributed by atoms with Crippen LogP contribution in [0.1, 0.15) is 11.1 Å². The third kappa shape index (κ3) is 4.02. The molecular weight excluding hydrogens is 316 g/mol. The van der Waals surface area contributed by atoms with E-state index in [0.717, 1.165) is 5.56 Å². The van der Waals surface area contributed by atoms with Crippen molar-refractivity contribution < 1.29 is 15.0 Å². The number of nitriles is 1. The number of rotatable bonds is 3. The Hall–Kier alpha value is -2.97. The van der Waals surface area contributed by atoms with Gasteiger partial charge in [-0.1, -0.05) is 29.3 Å². The van der Waals surface area contributed by atoms with E-state index in [-0.39, 0.29) is 10.6 Å². The van der Waals surface area contributed by atoms with Crippen LogP contribution >= 0.6 is 11.6 Å². The highest BCUT2D eigenvalue weighted by molar-refractivity contribution is 6.32. The molecule has 0 spiro atoms. The van der Waals surface area contributed by atoms with Crippen LogP contribution in [0.5, 0.6) is 11.5 Å². The summed E-state index contributed by atoms with van der Waals surface area (Å²) in [6.07, 6.45) is 1.27. The molecular formula is C17H13ClN2O3. The van der Waals surface area contributed by atoms with E-state index in [2.05, 4.69) is 5.32 Å². The maximum atomic E-state index is 12.1. The van der Waals surface area contributed by atoms with Crippen LogP contribution in [0.3, 0.4) is 0 Å². The van der Waals surface area contributed by atoms with Crippen LogP contribution in [0.4, 0.5) is 5.69 Å². The molecule has 2 rings (SSSR count). The zero-order valence-electron chi connectivity index (χ0n) is 12.2. The smallest absolute Gasteiger partial charge is 0.266 e. The van der Waals surface area contributed by atoms with Gasteiger partial charge in [-0.05, 0) is 42.8 Å². The first-order valence-electron chi connectivity index (χ1n) is 6.62. The Morgan fingerprint density at radius 3 is 2.48 bits per heavy atom. The highest BCUT2D eigenvalue weighted by Crippen LogP contribution is 2.34. The Bertz CT molecular complexity index is 798. The molecule has 2 aromatic rings. The second kappa shape index (κ2) is 6.86. The molecule has 0 aliphatic carbocycles. The van der Waals surface area contributed by atoms with Crippen LogP contribution in [0.25, 0.3) is 6.08 Å². The fourth-order valence-electron chi connectivity index (χ4n) is 1.84. The minimum absolute atomic E-state index is 0.0764. The Balaban J connectivity index is 2.26. The maximum Gasteiger partial charge on any atom is 0.266 e. The molecule has 23 heavy (non-hydrogen) atoms. The summed E-state index contributed by atoms with van der Waals surface area (Å²) in [7, 11) is 0. The molecule has 0 aromatic heterocycles. The van der Waals surface area contributed by atoms with E-state index in [1.54, 1.807) is 18.2 Å². The van der Waals surface area contributed by atoms with Crippen molar-refractivity contribution in [2.45, 2.75) is 6.92 Å². The van der Waals surface area contributed by atoms with E-state index < -0.39 is 17.4 Å². The molecule has 0 radical (unpaired) electrons. The number of nitrogens with one attached hydrogen (secondary N) is 1. The SMILES string of the molecule is Cc1ccc(NC(=O)/C(C#N)=C/c2cc(O)c(O)c(Cl)c2)cc1. The first-order chi connectivity index (χ1) is 10.9. The summed E-state index contributed by atoms with van der Waals surface area (Å²) in [6.45, 7) is 1.92. The molecule has 0 bridgehead atoms. The zero-order valence-corrected chi connectivity index (χ0v) is 12.9. The number of aromatic hydroxyl groups is 2. The van der Waals surface area contributed by atoms with Crippen LogP contribution in [-0.4, -0.2) is 16.1 Å². The fraction of sp³-hybridized carbons (Fsp3) is 0.0588. The van der Waals surface area contributed by atoms with E-state index in [1.165, 1.54) is 18.2 Å². The summed E-state index contributed by atoms with van der Waals surface area (Å²) in [6, 6.07) is 11.5. The number of anilines is 1. The highest BCUT2D eigenvalue weighted by atomic mass is 35.5. The fourth-order valence-corrected chi connectivity index (χ4v) is 2.06. The quantitative estimate of drug-likeness (QED) is 0.456. The van der Waals surface area contributed by atoms with Crippen molar-refractivity contribution in [1.82, 2.24) is 0 Å². The molecule has 0 saturated carbocycles. The molecule has 0 fully saturated rings. The lowest BCUT2D eigenvalue weighted by molar-refractivity contribution is -0.112. The predicted molar refractivity (Wildman–Crippen MR) is 88.2 cm³/mol. The Labute approximate surface area is 138 Å². The predicted octanol–water partition coefficient (Wildman–Crippen LogP) is 3.61. The second-order valence-corrected chi connectivity index (χ2v) is 5.27. The number of phenolic OH excluding ortho intramolecular Hbond substituents is 2. The van der Waals surface area contributed by atoms with E-state index in [4.69, 9.17) is 16.9 Å². The summed E-state index contributed by atoms with van der Waals surface area (Å²) >= 11 is 5.75. The van der Waals surface area contributed by atoms with Crippen LogP contribution in [0, 0.1) is 18.3 Å². The number of hydrogen-bond donors (Lipinski definition) is 3. The number of amides is 1.